The Hall–Kier alpha value is -4.32. The highest BCUT2D eigenvalue weighted by Gasteiger charge is 2.27. The SMILES string of the molecule is C[C@@H](OCc1ccccc1)[C@@H](C#N)NC(=O)[C@H](Cc1cccc(Br)c1)NC(=O)c1ccc(-c2cccnc2)cc1. The quantitative estimate of drug-likeness (QED) is 0.239. The lowest BCUT2D eigenvalue weighted by Gasteiger charge is -2.24. The molecule has 0 radical (unpaired) electrons. The molecule has 2 N–H and O–H groups in total. The molecule has 7 nitrogen and oxygen atoms in total. The van der Waals surface area contributed by atoms with E-state index in [-0.39, 0.29) is 6.42 Å². The monoisotopic (exact) mass is 596 g/mol. The highest BCUT2D eigenvalue weighted by molar-refractivity contribution is 9.10. The number of ether oxygens (including phenoxy) is 1. The molecule has 0 spiro atoms. The van der Waals surface area contributed by atoms with Crippen molar-refractivity contribution >= 4 is 27.7 Å². The van der Waals surface area contributed by atoms with Gasteiger partial charge in [0, 0.05) is 28.9 Å². The molecule has 0 aliphatic heterocycles. The number of carbonyl (C=O) groups excluding carboxylic acids is 2. The Labute approximate surface area is 242 Å². The third-order valence-electron chi connectivity index (χ3n) is 6.35. The summed E-state index contributed by atoms with van der Waals surface area (Å²) in [7, 11) is 0. The van der Waals surface area contributed by atoms with E-state index in [2.05, 4.69) is 37.6 Å². The van der Waals surface area contributed by atoms with Gasteiger partial charge in [0.25, 0.3) is 5.91 Å². The zero-order valence-electron chi connectivity index (χ0n) is 22.0. The van der Waals surface area contributed by atoms with Gasteiger partial charge in [0.05, 0.1) is 18.8 Å². The molecule has 0 bridgehead atoms. The summed E-state index contributed by atoms with van der Waals surface area (Å²) in [6.45, 7) is 2.05. The molecule has 40 heavy (non-hydrogen) atoms. The summed E-state index contributed by atoms with van der Waals surface area (Å²) in [6.07, 6.45) is 3.12. The third kappa shape index (κ3) is 8.09. The van der Waals surface area contributed by atoms with E-state index in [9.17, 15) is 14.9 Å². The molecule has 0 saturated heterocycles. The van der Waals surface area contributed by atoms with E-state index in [1.165, 1.54) is 0 Å². The standard InChI is InChI=1S/C32H29BrN4O3/c1-22(40-21-23-7-3-2-4-8-23)30(19-34)37-32(39)29(18-24-9-5-11-28(33)17-24)36-31(38)26-14-12-25(13-15-26)27-10-6-16-35-20-27/h2-17,20,22,29-30H,18,21H2,1H3,(H,36,38)(H,37,39)/t22-,29+,30-/m1/s1. The number of pyridine rings is 1. The van der Waals surface area contributed by atoms with Crippen molar-refractivity contribution in [3.05, 3.63) is 125 Å². The molecule has 4 rings (SSSR count). The molecule has 1 aromatic heterocycles. The predicted octanol–water partition coefficient (Wildman–Crippen LogP) is 5.47. The number of nitriles is 1. The Morgan fingerprint density at radius 1 is 0.925 bits per heavy atom. The molecular formula is C32H29BrN4O3. The van der Waals surface area contributed by atoms with Gasteiger partial charge < -0.3 is 15.4 Å². The third-order valence-corrected chi connectivity index (χ3v) is 6.85. The molecular weight excluding hydrogens is 568 g/mol. The van der Waals surface area contributed by atoms with Gasteiger partial charge in [-0.15, -0.1) is 0 Å². The number of nitrogens with zero attached hydrogens (tertiary/aromatic N) is 2. The first-order valence-corrected chi connectivity index (χ1v) is 13.6. The van der Waals surface area contributed by atoms with Crippen molar-refractivity contribution in [1.82, 2.24) is 15.6 Å². The Morgan fingerprint density at radius 3 is 2.35 bits per heavy atom. The van der Waals surface area contributed by atoms with Gasteiger partial charge in [0.2, 0.25) is 5.91 Å². The lowest BCUT2D eigenvalue weighted by atomic mass is 10.0. The average molecular weight is 598 g/mol. The molecule has 202 valence electrons. The zero-order valence-corrected chi connectivity index (χ0v) is 23.5. The summed E-state index contributed by atoms with van der Waals surface area (Å²) in [5.41, 5.74) is 4.09. The fourth-order valence-electron chi connectivity index (χ4n) is 4.10. The molecule has 3 aromatic carbocycles. The number of amides is 2. The molecule has 0 unspecified atom stereocenters. The maximum Gasteiger partial charge on any atom is 0.251 e. The predicted molar refractivity (Wildman–Crippen MR) is 157 cm³/mol. The van der Waals surface area contributed by atoms with Gasteiger partial charge in [-0.2, -0.15) is 5.26 Å². The van der Waals surface area contributed by atoms with Crippen LogP contribution in [-0.4, -0.2) is 35.0 Å². The number of carbonyl (C=O) groups is 2. The van der Waals surface area contributed by atoms with Crippen LogP contribution in [0.2, 0.25) is 0 Å². The smallest absolute Gasteiger partial charge is 0.251 e. The van der Waals surface area contributed by atoms with Crippen LogP contribution in [0.25, 0.3) is 11.1 Å². The van der Waals surface area contributed by atoms with Crippen molar-refractivity contribution in [2.75, 3.05) is 0 Å². The Bertz CT molecular complexity index is 1460. The van der Waals surface area contributed by atoms with E-state index in [4.69, 9.17) is 4.74 Å². The second-order valence-electron chi connectivity index (χ2n) is 9.30. The van der Waals surface area contributed by atoms with E-state index in [0.717, 1.165) is 26.7 Å². The summed E-state index contributed by atoms with van der Waals surface area (Å²) < 4.78 is 6.72. The fourth-order valence-corrected chi connectivity index (χ4v) is 4.55. The Balaban J connectivity index is 1.46. The van der Waals surface area contributed by atoms with Crippen LogP contribution in [0.4, 0.5) is 0 Å². The number of rotatable bonds is 11. The van der Waals surface area contributed by atoms with Crippen LogP contribution in [0, 0.1) is 11.3 Å². The van der Waals surface area contributed by atoms with Gasteiger partial charge in [-0.25, -0.2) is 0 Å². The van der Waals surface area contributed by atoms with Crippen molar-refractivity contribution < 1.29 is 14.3 Å². The summed E-state index contributed by atoms with van der Waals surface area (Å²) in [4.78, 5) is 30.8. The van der Waals surface area contributed by atoms with E-state index < -0.39 is 30.0 Å². The summed E-state index contributed by atoms with van der Waals surface area (Å²) in [5.74, 6) is -0.864. The lowest BCUT2D eigenvalue weighted by molar-refractivity contribution is -0.124. The van der Waals surface area contributed by atoms with Crippen LogP contribution in [0.1, 0.15) is 28.4 Å². The number of hydrogen-bond acceptors (Lipinski definition) is 5. The number of aromatic nitrogens is 1. The van der Waals surface area contributed by atoms with Gasteiger partial charge in [0.15, 0.2) is 0 Å². The Kier molecular flexibility index (Phi) is 10.2. The summed E-state index contributed by atoms with van der Waals surface area (Å²) in [5, 5.41) is 15.4. The number of nitrogens with one attached hydrogen (secondary N) is 2. The van der Waals surface area contributed by atoms with E-state index in [1.54, 1.807) is 31.5 Å². The van der Waals surface area contributed by atoms with Crippen LogP contribution in [-0.2, 0) is 22.6 Å². The van der Waals surface area contributed by atoms with Crippen LogP contribution < -0.4 is 10.6 Å². The topological polar surface area (TPSA) is 104 Å². The molecule has 0 aliphatic rings. The molecule has 4 aromatic rings. The normalized spacial score (nSPS) is 12.9. The van der Waals surface area contributed by atoms with Crippen LogP contribution in [0.15, 0.2) is 108 Å². The van der Waals surface area contributed by atoms with Gasteiger partial charge in [-0.1, -0.05) is 76.6 Å². The van der Waals surface area contributed by atoms with E-state index in [0.29, 0.717) is 12.2 Å². The van der Waals surface area contributed by atoms with E-state index in [1.807, 2.05) is 78.9 Å². The first-order chi connectivity index (χ1) is 19.4. The number of benzene rings is 3. The first kappa shape index (κ1) is 28.7. The number of hydrogen-bond donors (Lipinski definition) is 2. The van der Waals surface area contributed by atoms with Gasteiger partial charge >= 0.3 is 0 Å². The molecule has 1 heterocycles. The van der Waals surface area contributed by atoms with E-state index >= 15 is 0 Å². The zero-order chi connectivity index (χ0) is 28.3. The van der Waals surface area contributed by atoms with Crippen molar-refractivity contribution in [3.8, 4) is 17.2 Å². The second kappa shape index (κ2) is 14.2. The summed E-state index contributed by atoms with van der Waals surface area (Å²) in [6, 6.07) is 28.3. The largest absolute Gasteiger partial charge is 0.371 e. The molecule has 0 fully saturated rings. The van der Waals surface area contributed by atoms with Crippen LogP contribution in [0.3, 0.4) is 0 Å². The maximum atomic E-state index is 13.4. The number of halogens is 1. The molecule has 0 aliphatic carbocycles. The van der Waals surface area contributed by atoms with Gasteiger partial charge in [-0.3, -0.25) is 14.6 Å². The first-order valence-electron chi connectivity index (χ1n) is 12.8. The van der Waals surface area contributed by atoms with Gasteiger partial charge in [-0.05, 0) is 59.5 Å². The van der Waals surface area contributed by atoms with Crippen molar-refractivity contribution in [2.45, 2.75) is 38.1 Å². The molecule has 0 saturated carbocycles. The average Bonchev–Trinajstić information content (AvgIpc) is 2.99. The fraction of sp³-hybridized carbons (Fsp3) is 0.188. The van der Waals surface area contributed by atoms with Crippen LogP contribution >= 0.6 is 15.9 Å². The Morgan fingerprint density at radius 2 is 1.68 bits per heavy atom. The van der Waals surface area contributed by atoms with Crippen molar-refractivity contribution in [3.63, 3.8) is 0 Å². The molecule has 2 amide bonds. The minimum atomic E-state index is -0.919. The minimum Gasteiger partial charge on any atom is -0.371 e. The van der Waals surface area contributed by atoms with Gasteiger partial charge in [0.1, 0.15) is 12.1 Å². The highest BCUT2D eigenvalue weighted by atomic mass is 79.9. The molecule has 3 atom stereocenters. The second-order valence-corrected chi connectivity index (χ2v) is 10.2. The van der Waals surface area contributed by atoms with Crippen molar-refractivity contribution in [1.29, 1.82) is 5.26 Å². The maximum absolute atomic E-state index is 13.4. The van der Waals surface area contributed by atoms with Crippen LogP contribution in [0.5, 0.6) is 0 Å². The minimum absolute atomic E-state index is 0.238. The lowest BCUT2D eigenvalue weighted by Crippen LogP contribution is -2.52. The van der Waals surface area contributed by atoms with Crippen molar-refractivity contribution in [2.24, 2.45) is 0 Å². The molecule has 8 heteroatoms. The highest BCUT2D eigenvalue weighted by Crippen LogP contribution is 2.19. The summed E-state index contributed by atoms with van der Waals surface area (Å²) >= 11 is 3.46.